The lowest BCUT2D eigenvalue weighted by Gasteiger charge is -2.33. The molecule has 1 unspecified atom stereocenters. The lowest BCUT2D eigenvalue weighted by molar-refractivity contribution is -0.139. The number of hydrogen-bond donors (Lipinski definition) is 1. The number of hydrogen-bond acceptors (Lipinski definition) is 4. The number of sulfonamides is 1. The molecular formula is C31H33Cl4N3O4S. The zero-order valence-electron chi connectivity index (χ0n) is 23.8. The maximum absolute atomic E-state index is 14.2. The molecule has 3 aromatic rings. The number of carbonyl (C=O) groups is 2. The molecule has 12 heteroatoms. The number of aryl methyl sites for hydroxylation is 1. The molecule has 1 saturated carbocycles. The first-order valence-corrected chi connectivity index (χ1v) is 16.9. The van der Waals surface area contributed by atoms with Crippen LogP contribution in [0.1, 0.15) is 50.2 Å². The minimum atomic E-state index is -4.30. The molecule has 2 amide bonds. The minimum Gasteiger partial charge on any atom is -0.352 e. The Bertz CT molecular complexity index is 1580. The highest BCUT2D eigenvalue weighted by molar-refractivity contribution is 7.92. The molecule has 0 aromatic heterocycles. The predicted octanol–water partition coefficient (Wildman–Crippen LogP) is 7.67. The van der Waals surface area contributed by atoms with Crippen molar-refractivity contribution in [3.63, 3.8) is 0 Å². The zero-order chi connectivity index (χ0) is 31.3. The van der Waals surface area contributed by atoms with Gasteiger partial charge < -0.3 is 10.2 Å². The van der Waals surface area contributed by atoms with Gasteiger partial charge in [0.25, 0.3) is 10.0 Å². The van der Waals surface area contributed by atoms with Gasteiger partial charge in [0.1, 0.15) is 12.6 Å². The Labute approximate surface area is 273 Å². The van der Waals surface area contributed by atoms with Crippen molar-refractivity contribution in [2.24, 2.45) is 0 Å². The van der Waals surface area contributed by atoms with Gasteiger partial charge in [-0.25, -0.2) is 8.42 Å². The molecule has 230 valence electrons. The molecule has 0 bridgehead atoms. The summed E-state index contributed by atoms with van der Waals surface area (Å²) < 4.78 is 29.0. The lowest BCUT2D eigenvalue weighted by Crippen LogP contribution is -2.53. The first kappa shape index (κ1) is 33.4. The van der Waals surface area contributed by atoms with Crippen LogP contribution in [0.25, 0.3) is 0 Å². The third kappa shape index (κ3) is 8.37. The van der Waals surface area contributed by atoms with Crippen molar-refractivity contribution in [2.45, 2.75) is 69.5 Å². The van der Waals surface area contributed by atoms with E-state index in [2.05, 4.69) is 5.32 Å². The molecule has 1 N–H and O–H groups in total. The van der Waals surface area contributed by atoms with Crippen LogP contribution in [-0.2, 0) is 26.2 Å². The Balaban J connectivity index is 1.73. The second kappa shape index (κ2) is 14.5. The number of halogens is 4. The fourth-order valence-corrected chi connectivity index (χ4v) is 7.34. The van der Waals surface area contributed by atoms with Crippen LogP contribution in [0.2, 0.25) is 20.1 Å². The normalized spacial score (nSPS) is 14.7. The van der Waals surface area contributed by atoms with E-state index in [9.17, 15) is 18.0 Å². The third-order valence-electron chi connectivity index (χ3n) is 7.54. The summed E-state index contributed by atoms with van der Waals surface area (Å²) in [4.78, 5) is 28.9. The lowest BCUT2D eigenvalue weighted by atomic mass is 9.95. The molecule has 43 heavy (non-hydrogen) atoms. The first-order valence-electron chi connectivity index (χ1n) is 13.9. The van der Waals surface area contributed by atoms with Crippen LogP contribution in [-0.4, -0.2) is 43.8 Å². The molecule has 1 aliphatic carbocycles. The van der Waals surface area contributed by atoms with Gasteiger partial charge in [-0.1, -0.05) is 89.4 Å². The van der Waals surface area contributed by atoms with Crippen LogP contribution < -0.4 is 9.62 Å². The number of carbonyl (C=O) groups excluding carboxylic acids is 2. The summed E-state index contributed by atoms with van der Waals surface area (Å²) in [6.45, 7) is 2.74. The van der Waals surface area contributed by atoms with Crippen molar-refractivity contribution >= 4 is 73.9 Å². The smallest absolute Gasteiger partial charge is 0.264 e. The molecule has 1 atom stereocenters. The van der Waals surface area contributed by atoms with Gasteiger partial charge in [-0.3, -0.25) is 13.9 Å². The number of rotatable bonds is 10. The maximum atomic E-state index is 14.2. The zero-order valence-corrected chi connectivity index (χ0v) is 27.7. The molecule has 1 aliphatic rings. The standard InChI is InChI=1S/C31H33Cl4N3O4S/c1-20-8-13-26(14-9-20)43(41,42)38(29-17-24(33)12-15-27(29)34)19-30(39)37(18-22-10-11-23(32)16-28(22)35)21(2)31(40)36-25-6-4-3-5-7-25/h8-17,21,25H,3-7,18-19H2,1-2H3,(H,36,40). The number of nitrogens with zero attached hydrogens (tertiary/aromatic N) is 2. The summed E-state index contributed by atoms with van der Waals surface area (Å²) in [7, 11) is -4.30. The second-order valence-electron chi connectivity index (χ2n) is 10.7. The number of nitrogens with one attached hydrogen (secondary N) is 1. The van der Waals surface area contributed by atoms with Gasteiger partial charge in [0.05, 0.1) is 15.6 Å². The molecule has 1 fully saturated rings. The van der Waals surface area contributed by atoms with Crippen LogP contribution in [0.4, 0.5) is 5.69 Å². The van der Waals surface area contributed by atoms with Crippen LogP contribution in [0, 0.1) is 6.92 Å². The van der Waals surface area contributed by atoms with Gasteiger partial charge in [0.2, 0.25) is 11.8 Å². The molecular weight excluding hydrogens is 652 g/mol. The highest BCUT2D eigenvalue weighted by atomic mass is 35.5. The Morgan fingerprint density at radius 1 is 0.884 bits per heavy atom. The van der Waals surface area contributed by atoms with Crippen molar-refractivity contribution in [3.05, 3.63) is 91.9 Å². The summed E-state index contributed by atoms with van der Waals surface area (Å²) in [6, 6.07) is 14.6. The third-order valence-corrected chi connectivity index (χ3v) is 10.5. The number of benzene rings is 3. The molecule has 4 rings (SSSR count). The summed E-state index contributed by atoms with van der Waals surface area (Å²) >= 11 is 25.3. The summed E-state index contributed by atoms with van der Waals surface area (Å²) in [6.07, 6.45) is 4.90. The summed E-state index contributed by atoms with van der Waals surface area (Å²) in [5, 5.41) is 4.12. The van der Waals surface area contributed by atoms with E-state index in [0.717, 1.165) is 42.0 Å². The fraction of sp³-hybridized carbons (Fsp3) is 0.355. The Morgan fingerprint density at radius 2 is 1.51 bits per heavy atom. The number of amides is 2. The van der Waals surface area contributed by atoms with E-state index >= 15 is 0 Å². The van der Waals surface area contributed by atoms with E-state index in [1.54, 1.807) is 37.3 Å². The van der Waals surface area contributed by atoms with Gasteiger partial charge in [0.15, 0.2) is 0 Å². The van der Waals surface area contributed by atoms with Crippen LogP contribution >= 0.6 is 46.4 Å². The van der Waals surface area contributed by atoms with Gasteiger partial charge in [0, 0.05) is 27.7 Å². The molecule has 0 aliphatic heterocycles. The van der Waals surface area contributed by atoms with Crippen molar-refractivity contribution < 1.29 is 18.0 Å². The summed E-state index contributed by atoms with van der Waals surface area (Å²) in [5.41, 5.74) is 1.45. The molecule has 0 radical (unpaired) electrons. The van der Waals surface area contributed by atoms with Gasteiger partial charge in [-0.05, 0) is 74.7 Å². The average Bonchev–Trinajstić information content (AvgIpc) is 2.97. The molecule has 0 saturated heterocycles. The second-order valence-corrected chi connectivity index (χ2v) is 14.2. The SMILES string of the molecule is Cc1ccc(S(=O)(=O)N(CC(=O)N(Cc2ccc(Cl)cc2Cl)C(C)C(=O)NC2CCCCC2)c2cc(Cl)ccc2Cl)cc1. The van der Waals surface area contributed by atoms with Crippen molar-refractivity contribution in [2.75, 3.05) is 10.8 Å². The van der Waals surface area contributed by atoms with Crippen molar-refractivity contribution in [1.82, 2.24) is 10.2 Å². The largest absolute Gasteiger partial charge is 0.352 e. The van der Waals surface area contributed by atoms with Gasteiger partial charge >= 0.3 is 0 Å². The quantitative estimate of drug-likeness (QED) is 0.238. The van der Waals surface area contributed by atoms with Gasteiger partial charge in [-0.15, -0.1) is 0 Å². The molecule has 0 spiro atoms. The van der Waals surface area contributed by atoms with Crippen LogP contribution in [0.3, 0.4) is 0 Å². The van der Waals surface area contributed by atoms with E-state index in [1.165, 1.54) is 35.2 Å². The highest BCUT2D eigenvalue weighted by Crippen LogP contribution is 2.33. The molecule has 7 nitrogen and oxygen atoms in total. The summed E-state index contributed by atoms with van der Waals surface area (Å²) in [5.74, 6) is -0.969. The van der Waals surface area contributed by atoms with Crippen molar-refractivity contribution in [3.8, 4) is 0 Å². The fourth-order valence-electron chi connectivity index (χ4n) is 5.01. The number of anilines is 1. The Hall–Kier alpha value is -2.49. The van der Waals surface area contributed by atoms with E-state index < -0.39 is 28.5 Å². The van der Waals surface area contributed by atoms with Crippen molar-refractivity contribution in [1.29, 1.82) is 0 Å². The molecule has 3 aromatic carbocycles. The van der Waals surface area contributed by atoms with E-state index in [1.807, 2.05) is 6.92 Å². The average molecular weight is 686 g/mol. The van der Waals surface area contributed by atoms with E-state index in [0.29, 0.717) is 15.6 Å². The predicted molar refractivity (Wildman–Crippen MR) is 174 cm³/mol. The maximum Gasteiger partial charge on any atom is 0.264 e. The highest BCUT2D eigenvalue weighted by Gasteiger charge is 2.34. The van der Waals surface area contributed by atoms with Crippen LogP contribution in [0.5, 0.6) is 0 Å². The Kier molecular flexibility index (Phi) is 11.3. The topological polar surface area (TPSA) is 86.8 Å². The Morgan fingerprint density at radius 3 is 2.16 bits per heavy atom. The monoisotopic (exact) mass is 683 g/mol. The molecule has 0 heterocycles. The van der Waals surface area contributed by atoms with E-state index in [-0.39, 0.29) is 39.1 Å². The van der Waals surface area contributed by atoms with E-state index in [4.69, 9.17) is 46.4 Å². The van der Waals surface area contributed by atoms with Crippen LogP contribution in [0.15, 0.2) is 65.6 Å². The van der Waals surface area contributed by atoms with Gasteiger partial charge in [-0.2, -0.15) is 0 Å². The minimum absolute atomic E-state index is 0.0171. The first-order chi connectivity index (χ1) is 20.4.